The molecule has 78 valence electrons. The zero-order valence-corrected chi connectivity index (χ0v) is 9.70. The van der Waals surface area contributed by atoms with Crippen LogP contribution in [0, 0.1) is 0 Å². The molecule has 1 aromatic carbocycles. The zero-order chi connectivity index (χ0) is 10.7. The smallest absolute Gasteiger partial charge is 0.167 e. The Balaban J connectivity index is 2.29. The molecular formula is C11H11BrN2O. The molecule has 0 radical (unpaired) electrons. The first-order chi connectivity index (χ1) is 7.29. The van der Waals surface area contributed by atoms with Gasteiger partial charge in [0.25, 0.3) is 0 Å². The minimum atomic E-state index is 0.588. The molecule has 0 fully saturated rings. The van der Waals surface area contributed by atoms with Gasteiger partial charge in [0.15, 0.2) is 5.76 Å². The Morgan fingerprint density at radius 1 is 1.33 bits per heavy atom. The van der Waals surface area contributed by atoms with E-state index >= 15 is 0 Å². The van der Waals surface area contributed by atoms with Gasteiger partial charge in [-0.2, -0.15) is 0 Å². The van der Waals surface area contributed by atoms with Gasteiger partial charge in [-0.25, -0.2) is 0 Å². The van der Waals surface area contributed by atoms with Crippen LogP contribution in [0.4, 0.5) is 0 Å². The van der Waals surface area contributed by atoms with Gasteiger partial charge in [-0.15, -0.1) is 0 Å². The van der Waals surface area contributed by atoms with Crippen LogP contribution in [0.2, 0.25) is 0 Å². The SMILES string of the molecule is NCCc1cc(-c2cccc(Br)c2)on1. The second-order valence-electron chi connectivity index (χ2n) is 3.23. The number of nitrogens with two attached hydrogens (primary N) is 1. The summed E-state index contributed by atoms with van der Waals surface area (Å²) in [5.74, 6) is 0.778. The number of aromatic nitrogens is 1. The largest absolute Gasteiger partial charge is 0.356 e. The van der Waals surface area contributed by atoms with E-state index in [2.05, 4.69) is 21.1 Å². The summed E-state index contributed by atoms with van der Waals surface area (Å²) in [5, 5.41) is 3.94. The van der Waals surface area contributed by atoms with Crippen LogP contribution in [-0.4, -0.2) is 11.7 Å². The van der Waals surface area contributed by atoms with Crippen molar-refractivity contribution in [3.8, 4) is 11.3 Å². The summed E-state index contributed by atoms with van der Waals surface area (Å²) >= 11 is 3.41. The summed E-state index contributed by atoms with van der Waals surface area (Å²) < 4.78 is 6.26. The van der Waals surface area contributed by atoms with E-state index in [9.17, 15) is 0 Å². The van der Waals surface area contributed by atoms with Crippen LogP contribution in [0.3, 0.4) is 0 Å². The van der Waals surface area contributed by atoms with Crippen molar-refractivity contribution in [2.24, 2.45) is 5.73 Å². The van der Waals surface area contributed by atoms with Gasteiger partial charge in [0, 0.05) is 22.5 Å². The molecule has 4 heteroatoms. The third-order valence-electron chi connectivity index (χ3n) is 2.07. The number of benzene rings is 1. The molecular weight excluding hydrogens is 256 g/mol. The minimum Gasteiger partial charge on any atom is -0.356 e. The Morgan fingerprint density at radius 2 is 2.20 bits per heavy atom. The first-order valence-electron chi connectivity index (χ1n) is 4.71. The van der Waals surface area contributed by atoms with Gasteiger partial charge in [-0.3, -0.25) is 0 Å². The Labute approximate surface area is 96.4 Å². The number of rotatable bonds is 3. The highest BCUT2D eigenvalue weighted by Gasteiger charge is 2.05. The fraction of sp³-hybridized carbons (Fsp3) is 0.182. The van der Waals surface area contributed by atoms with Gasteiger partial charge in [-0.1, -0.05) is 33.2 Å². The van der Waals surface area contributed by atoms with Crippen molar-refractivity contribution in [1.29, 1.82) is 0 Å². The zero-order valence-electron chi connectivity index (χ0n) is 8.11. The average molecular weight is 267 g/mol. The van der Waals surface area contributed by atoms with E-state index in [1.807, 2.05) is 30.3 Å². The Bertz CT molecular complexity index is 453. The van der Waals surface area contributed by atoms with E-state index in [1.54, 1.807) is 0 Å². The average Bonchev–Trinajstić information content (AvgIpc) is 2.67. The van der Waals surface area contributed by atoms with Crippen LogP contribution in [0.5, 0.6) is 0 Å². The summed E-state index contributed by atoms with van der Waals surface area (Å²) in [7, 11) is 0. The standard InChI is InChI=1S/C11H11BrN2O/c12-9-3-1-2-8(6-9)11-7-10(4-5-13)14-15-11/h1-3,6-7H,4-5,13H2. The van der Waals surface area contributed by atoms with Crippen molar-refractivity contribution in [3.05, 3.63) is 40.5 Å². The van der Waals surface area contributed by atoms with Crippen LogP contribution in [0.1, 0.15) is 5.69 Å². The third kappa shape index (κ3) is 2.46. The van der Waals surface area contributed by atoms with Crippen molar-refractivity contribution in [2.75, 3.05) is 6.54 Å². The first-order valence-corrected chi connectivity index (χ1v) is 5.50. The van der Waals surface area contributed by atoms with E-state index in [-0.39, 0.29) is 0 Å². The summed E-state index contributed by atoms with van der Waals surface area (Å²) in [4.78, 5) is 0. The Hall–Kier alpha value is -1.13. The lowest BCUT2D eigenvalue weighted by Gasteiger charge is -1.94. The molecule has 15 heavy (non-hydrogen) atoms. The predicted molar refractivity (Wildman–Crippen MR) is 62.4 cm³/mol. The summed E-state index contributed by atoms with van der Waals surface area (Å²) in [6.45, 7) is 0.588. The van der Waals surface area contributed by atoms with E-state index in [0.717, 1.165) is 27.9 Å². The lowest BCUT2D eigenvalue weighted by Crippen LogP contribution is -2.02. The van der Waals surface area contributed by atoms with Crippen molar-refractivity contribution in [3.63, 3.8) is 0 Å². The van der Waals surface area contributed by atoms with E-state index < -0.39 is 0 Å². The van der Waals surface area contributed by atoms with Gasteiger partial charge in [-0.05, 0) is 18.7 Å². The molecule has 1 aromatic heterocycles. The van der Waals surface area contributed by atoms with Crippen molar-refractivity contribution >= 4 is 15.9 Å². The van der Waals surface area contributed by atoms with Crippen LogP contribution >= 0.6 is 15.9 Å². The van der Waals surface area contributed by atoms with E-state index in [0.29, 0.717) is 6.54 Å². The highest BCUT2D eigenvalue weighted by Crippen LogP contribution is 2.23. The first kappa shape index (κ1) is 10.4. The summed E-state index contributed by atoms with van der Waals surface area (Å²) in [5.41, 5.74) is 7.35. The molecule has 0 saturated heterocycles. The molecule has 0 saturated carbocycles. The van der Waals surface area contributed by atoms with Crippen molar-refractivity contribution in [2.45, 2.75) is 6.42 Å². The Morgan fingerprint density at radius 3 is 2.93 bits per heavy atom. The third-order valence-corrected chi connectivity index (χ3v) is 2.56. The normalized spacial score (nSPS) is 10.5. The van der Waals surface area contributed by atoms with Crippen LogP contribution < -0.4 is 5.73 Å². The molecule has 0 unspecified atom stereocenters. The molecule has 1 heterocycles. The van der Waals surface area contributed by atoms with E-state index in [1.165, 1.54) is 0 Å². The summed E-state index contributed by atoms with van der Waals surface area (Å²) in [6.07, 6.45) is 0.748. The molecule has 0 bridgehead atoms. The topological polar surface area (TPSA) is 52.0 Å². The predicted octanol–water partition coefficient (Wildman–Crippen LogP) is 2.61. The number of hydrogen-bond acceptors (Lipinski definition) is 3. The summed E-state index contributed by atoms with van der Waals surface area (Å²) in [6, 6.07) is 9.84. The molecule has 3 nitrogen and oxygen atoms in total. The van der Waals surface area contributed by atoms with Gasteiger partial charge in [0.1, 0.15) is 0 Å². The van der Waals surface area contributed by atoms with Gasteiger partial charge >= 0.3 is 0 Å². The van der Waals surface area contributed by atoms with Gasteiger partial charge < -0.3 is 10.3 Å². The number of halogens is 1. The minimum absolute atomic E-state index is 0.588. The molecule has 2 N–H and O–H groups in total. The van der Waals surface area contributed by atoms with Crippen LogP contribution in [-0.2, 0) is 6.42 Å². The molecule has 0 atom stereocenters. The fourth-order valence-electron chi connectivity index (χ4n) is 1.36. The molecule has 2 aromatic rings. The Kier molecular flexibility index (Phi) is 3.18. The highest BCUT2D eigenvalue weighted by atomic mass is 79.9. The molecule has 0 aliphatic rings. The molecule has 0 aliphatic carbocycles. The maximum atomic E-state index is 5.44. The molecule has 2 rings (SSSR count). The molecule has 0 aliphatic heterocycles. The quantitative estimate of drug-likeness (QED) is 0.929. The fourth-order valence-corrected chi connectivity index (χ4v) is 1.75. The monoisotopic (exact) mass is 266 g/mol. The van der Waals surface area contributed by atoms with Gasteiger partial charge in [0.2, 0.25) is 0 Å². The van der Waals surface area contributed by atoms with Crippen LogP contribution in [0.15, 0.2) is 39.3 Å². The number of nitrogens with zero attached hydrogens (tertiary/aromatic N) is 1. The second-order valence-corrected chi connectivity index (χ2v) is 4.15. The highest BCUT2D eigenvalue weighted by molar-refractivity contribution is 9.10. The maximum absolute atomic E-state index is 5.44. The van der Waals surface area contributed by atoms with Gasteiger partial charge in [0.05, 0.1) is 5.69 Å². The lowest BCUT2D eigenvalue weighted by atomic mass is 10.1. The molecule has 0 spiro atoms. The number of hydrogen-bond donors (Lipinski definition) is 1. The maximum Gasteiger partial charge on any atom is 0.167 e. The van der Waals surface area contributed by atoms with Crippen LogP contribution in [0.25, 0.3) is 11.3 Å². The lowest BCUT2D eigenvalue weighted by molar-refractivity contribution is 0.423. The molecule has 0 amide bonds. The second kappa shape index (κ2) is 4.59. The van der Waals surface area contributed by atoms with Crippen molar-refractivity contribution in [1.82, 2.24) is 5.16 Å². The van der Waals surface area contributed by atoms with Crippen molar-refractivity contribution < 1.29 is 4.52 Å². The van der Waals surface area contributed by atoms with E-state index in [4.69, 9.17) is 10.3 Å².